The Labute approximate surface area is 113 Å². The van der Waals surface area contributed by atoms with Crippen molar-refractivity contribution in [2.75, 3.05) is 19.5 Å². The Morgan fingerprint density at radius 3 is 2.83 bits per heavy atom. The van der Waals surface area contributed by atoms with Crippen molar-refractivity contribution in [3.8, 4) is 0 Å². The molecule has 0 N–H and O–H groups in total. The van der Waals surface area contributed by atoms with Gasteiger partial charge >= 0.3 is 0 Å². The summed E-state index contributed by atoms with van der Waals surface area (Å²) in [5.41, 5.74) is 0. The highest BCUT2D eigenvalue weighted by Crippen LogP contribution is 2.38. The van der Waals surface area contributed by atoms with Crippen molar-refractivity contribution in [3.05, 3.63) is 12.4 Å². The van der Waals surface area contributed by atoms with Crippen LogP contribution in [-0.2, 0) is 16.6 Å². The van der Waals surface area contributed by atoms with Gasteiger partial charge in [-0.2, -0.15) is 5.10 Å². The second kappa shape index (κ2) is 5.19. The minimum absolute atomic E-state index is 0.239. The highest BCUT2D eigenvalue weighted by Gasteiger charge is 2.36. The monoisotopic (exact) mass is 291 g/mol. The van der Waals surface area contributed by atoms with Gasteiger partial charge in [0.25, 0.3) is 0 Å². The summed E-state index contributed by atoms with van der Waals surface area (Å²) in [5, 5.41) is 3.99. The third kappa shape index (κ3) is 2.87. The van der Waals surface area contributed by atoms with E-state index in [2.05, 4.69) is 12.0 Å². The number of aromatic nitrogens is 2. The third-order valence-electron chi connectivity index (χ3n) is 3.40. The molecule has 1 saturated carbocycles. The van der Waals surface area contributed by atoms with Gasteiger partial charge in [0.2, 0.25) is 10.0 Å². The van der Waals surface area contributed by atoms with E-state index in [-0.39, 0.29) is 4.90 Å². The fraction of sp³-hybridized carbons (Fsp3) is 0.727. The van der Waals surface area contributed by atoms with Crippen LogP contribution in [0.3, 0.4) is 0 Å². The van der Waals surface area contributed by atoms with E-state index < -0.39 is 10.0 Å². The number of hydrogen-bond acceptors (Lipinski definition) is 3. The molecule has 102 valence electrons. The molecule has 1 aromatic heterocycles. The summed E-state index contributed by atoms with van der Waals surface area (Å²) in [6.45, 7) is 3.24. The van der Waals surface area contributed by atoms with E-state index in [0.29, 0.717) is 30.8 Å². The normalized spacial score (nSPS) is 23.6. The van der Waals surface area contributed by atoms with Crippen LogP contribution in [0.15, 0.2) is 17.3 Å². The predicted octanol–water partition coefficient (Wildman–Crippen LogP) is 1.40. The third-order valence-corrected chi connectivity index (χ3v) is 5.34. The molecule has 0 amide bonds. The molecule has 0 bridgehead atoms. The van der Waals surface area contributed by atoms with E-state index in [4.69, 9.17) is 11.6 Å². The number of rotatable bonds is 6. The highest BCUT2D eigenvalue weighted by molar-refractivity contribution is 7.89. The molecule has 7 heteroatoms. The van der Waals surface area contributed by atoms with Gasteiger partial charge in [0.15, 0.2) is 0 Å². The Morgan fingerprint density at radius 1 is 1.61 bits per heavy atom. The van der Waals surface area contributed by atoms with Crippen LogP contribution in [0.5, 0.6) is 0 Å². The molecule has 18 heavy (non-hydrogen) atoms. The van der Waals surface area contributed by atoms with Gasteiger partial charge in [0, 0.05) is 25.7 Å². The number of halogens is 1. The summed E-state index contributed by atoms with van der Waals surface area (Å²) in [5.74, 6) is 1.56. The van der Waals surface area contributed by atoms with E-state index in [1.165, 1.54) is 16.7 Å². The summed E-state index contributed by atoms with van der Waals surface area (Å²) in [6, 6.07) is 0. The quantitative estimate of drug-likeness (QED) is 0.745. The van der Waals surface area contributed by atoms with Gasteiger partial charge in [-0.3, -0.25) is 4.68 Å². The molecule has 0 aromatic carbocycles. The van der Waals surface area contributed by atoms with Gasteiger partial charge in [-0.1, -0.05) is 6.92 Å². The molecule has 0 spiro atoms. The van der Waals surface area contributed by atoms with E-state index in [0.717, 1.165) is 6.42 Å². The Morgan fingerprint density at radius 2 is 2.28 bits per heavy atom. The van der Waals surface area contributed by atoms with Crippen LogP contribution in [0.4, 0.5) is 0 Å². The molecule has 2 rings (SSSR count). The lowest BCUT2D eigenvalue weighted by Crippen LogP contribution is -2.29. The topological polar surface area (TPSA) is 55.2 Å². The zero-order valence-corrected chi connectivity index (χ0v) is 12.2. The van der Waals surface area contributed by atoms with Crippen molar-refractivity contribution >= 4 is 21.6 Å². The molecule has 0 saturated heterocycles. The van der Waals surface area contributed by atoms with Crippen LogP contribution < -0.4 is 0 Å². The van der Waals surface area contributed by atoms with E-state index >= 15 is 0 Å². The Bertz CT molecular complexity index is 514. The predicted molar refractivity (Wildman–Crippen MR) is 70.0 cm³/mol. The first kappa shape index (κ1) is 13.8. The summed E-state index contributed by atoms with van der Waals surface area (Å²) >= 11 is 5.59. The number of hydrogen-bond donors (Lipinski definition) is 0. The molecular formula is C11H18ClN3O2S. The lowest BCUT2D eigenvalue weighted by atomic mass is 10.3. The standard InChI is InChI=1S/C11H18ClN3O2S/c1-9-5-10(9)7-14(2)18(16,17)11-6-13-15(8-11)4-3-12/h6,8-10H,3-5,7H2,1-2H3. The van der Waals surface area contributed by atoms with E-state index in [1.807, 2.05) is 0 Å². The maximum Gasteiger partial charge on any atom is 0.245 e. The van der Waals surface area contributed by atoms with Crippen molar-refractivity contribution in [3.63, 3.8) is 0 Å². The summed E-state index contributed by atoms with van der Waals surface area (Å²) in [6.07, 6.45) is 4.03. The fourth-order valence-electron chi connectivity index (χ4n) is 1.95. The van der Waals surface area contributed by atoms with Crippen LogP contribution in [-0.4, -0.2) is 42.0 Å². The van der Waals surface area contributed by atoms with Gasteiger partial charge in [0.05, 0.1) is 12.7 Å². The van der Waals surface area contributed by atoms with Crippen LogP contribution in [0, 0.1) is 11.8 Å². The molecule has 1 fully saturated rings. The second-order valence-electron chi connectivity index (χ2n) is 4.89. The molecular weight excluding hydrogens is 274 g/mol. The van der Waals surface area contributed by atoms with Crippen molar-refractivity contribution in [2.24, 2.45) is 11.8 Å². The zero-order valence-electron chi connectivity index (χ0n) is 10.6. The van der Waals surface area contributed by atoms with Crippen LogP contribution in [0.2, 0.25) is 0 Å². The molecule has 1 aromatic rings. The van der Waals surface area contributed by atoms with Gasteiger partial charge in [-0.25, -0.2) is 12.7 Å². The first-order valence-electron chi connectivity index (χ1n) is 6.00. The second-order valence-corrected chi connectivity index (χ2v) is 7.31. The maximum absolute atomic E-state index is 12.3. The highest BCUT2D eigenvalue weighted by atomic mass is 35.5. The average molecular weight is 292 g/mol. The average Bonchev–Trinajstić information content (AvgIpc) is 2.80. The molecule has 1 aliphatic carbocycles. The van der Waals surface area contributed by atoms with Crippen molar-refractivity contribution < 1.29 is 8.42 Å². The smallest absolute Gasteiger partial charge is 0.245 e. The SMILES string of the molecule is CC1CC1CN(C)S(=O)(=O)c1cnn(CCCl)c1. The maximum atomic E-state index is 12.3. The number of nitrogens with zero attached hydrogens (tertiary/aromatic N) is 3. The van der Waals surface area contributed by atoms with Gasteiger partial charge in [0.1, 0.15) is 4.90 Å². The van der Waals surface area contributed by atoms with Crippen molar-refractivity contribution in [1.82, 2.24) is 14.1 Å². The van der Waals surface area contributed by atoms with Gasteiger partial charge < -0.3 is 0 Å². The van der Waals surface area contributed by atoms with Crippen LogP contribution in [0.1, 0.15) is 13.3 Å². The largest absolute Gasteiger partial charge is 0.270 e. The van der Waals surface area contributed by atoms with Crippen LogP contribution >= 0.6 is 11.6 Å². The molecule has 5 nitrogen and oxygen atoms in total. The van der Waals surface area contributed by atoms with E-state index in [1.54, 1.807) is 11.7 Å². The molecule has 2 unspecified atom stereocenters. The fourth-order valence-corrected chi connectivity index (χ4v) is 3.30. The first-order chi connectivity index (χ1) is 8.45. The van der Waals surface area contributed by atoms with Gasteiger partial charge in [-0.15, -0.1) is 11.6 Å². The number of alkyl halides is 1. The number of sulfonamides is 1. The lowest BCUT2D eigenvalue weighted by Gasteiger charge is -2.15. The number of aryl methyl sites for hydroxylation is 1. The summed E-state index contributed by atoms with van der Waals surface area (Å²) in [4.78, 5) is 0.239. The Hall–Kier alpha value is -0.590. The van der Waals surface area contributed by atoms with Crippen LogP contribution in [0.25, 0.3) is 0 Å². The minimum Gasteiger partial charge on any atom is -0.270 e. The minimum atomic E-state index is -3.41. The molecule has 1 heterocycles. The Kier molecular flexibility index (Phi) is 3.99. The Balaban J connectivity index is 2.08. The molecule has 2 atom stereocenters. The molecule has 0 radical (unpaired) electrons. The first-order valence-corrected chi connectivity index (χ1v) is 7.97. The summed E-state index contributed by atoms with van der Waals surface area (Å²) in [7, 11) is -1.78. The van der Waals surface area contributed by atoms with Gasteiger partial charge in [-0.05, 0) is 18.3 Å². The lowest BCUT2D eigenvalue weighted by molar-refractivity contribution is 0.444. The molecule has 0 aliphatic heterocycles. The van der Waals surface area contributed by atoms with Crippen molar-refractivity contribution in [1.29, 1.82) is 0 Å². The summed E-state index contributed by atoms with van der Waals surface area (Å²) < 4.78 is 27.5. The van der Waals surface area contributed by atoms with Crippen molar-refractivity contribution in [2.45, 2.75) is 24.8 Å². The zero-order chi connectivity index (χ0) is 13.3. The van der Waals surface area contributed by atoms with E-state index in [9.17, 15) is 8.42 Å². The molecule has 1 aliphatic rings.